The van der Waals surface area contributed by atoms with E-state index in [4.69, 9.17) is 0 Å². The molecule has 1 aromatic heterocycles. The summed E-state index contributed by atoms with van der Waals surface area (Å²) < 4.78 is 40.5. The molecule has 0 spiro atoms. The summed E-state index contributed by atoms with van der Waals surface area (Å²) in [6, 6.07) is 8.24. The molecule has 2 N–H and O–H groups in total. The van der Waals surface area contributed by atoms with Crippen molar-refractivity contribution in [2.24, 2.45) is 0 Å². The van der Waals surface area contributed by atoms with Gasteiger partial charge in [-0.15, -0.1) is 11.3 Å². The number of nitrogens with zero attached hydrogens (tertiary/aromatic N) is 1. The molecule has 2 heterocycles. The second-order valence-electron chi connectivity index (χ2n) is 6.86. The lowest BCUT2D eigenvalue weighted by molar-refractivity contribution is -0.126. The predicted molar refractivity (Wildman–Crippen MR) is 107 cm³/mol. The topological polar surface area (TPSA) is 78.5 Å². The third kappa shape index (κ3) is 5.38. The quantitative estimate of drug-likeness (QED) is 0.714. The summed E-state index contributed by atoms with van der Waals surface area (Å²) in [5.74, 6) is -0.502. The molecule has 1 fully saturated rings. The first-order chi connectivity index (χ1) is 13.3. The minimum absolute atomic E-state index is 0.0289. The Morgan fingerprint density at radius 2 is 1.93 bits per heavy atom. The fraction of sp³-hybridized carbons (Fsp3) is 0.421. The van der Waals surface area contributed by atoms with Gasteiger partial charge in [-0.2, -0.15) is 0 Å². The Bertz CT molecular complexity index is 878. The first kappa shape index (κ1) is 20.9. The van der Waals surface area contributed by atoms with E-state index in [-0.39, 0.29) is 22.9 Å². The van der Waals surface area contributed by atoms with Crippen molar-refractivity contribution in [3.05, 3.63) is 52.5 Å². The number of sulfonamides is 1. The van der Waals surface area contributed by atoms with Gasteiger partial charge in [-0.25, -0.2) is 17.5 Å². The van der Waals surface area contributed by atoms with Crippen molar-refractivity contribution >= 4 is 27.3 Å². The van der Waals surface area contributed by atoms with E-state index in [9.17, 15) is 17.6 Å². The number of piperidine rings is 1. The number of carbonyl (C=O) groups excluding carboxylic acids is 1. The van der Waals surface area contributed by atoms with E-state index in [0.717, 1.165) is 17.0 Å². The summed E-state index contributed by atoms with van der Waals surface area (Å²) >= 11 is 1.60. The maximum absolute atomic E-state index is 13.0. The van der Waals surface area contributed by atoms with Crippen LogP contribution in [0.4, 0.5) is 4.39 Å². The van der Waals surface area contributed by atoms with Crippen molar-refractivity contribution in [2.75, 3.05) is 13.1 Å². The number of nitrogens with one attached hydrogen (secondary N) is 2. The number of rotatable bonds is 7. The molecule has 1 amide bonds. The Labute approximate surface area is 168 Å². The van der Waals surface area contributed by atoms with Gasteiger partial charge in [-0.1, -0.05) is 6.07 Å². The number of halogens is 1. The summed E-state index contributed by atoms with van der Waals surface area (Å²) in [6.45, 7) is 3.65. The highest BCUT2D eigenvalue weighted by Gasteiger charge is 2.29. The SMILES string of the molecule is CC(C(=O)NCc1cccs1)N1CCC(NS(=O)(=O)c2ccc(F)cc2)CC1. The van der Waals surface area contributed by atoms with Crippen LogP contribution in [-0.2, 0) is 21.4 Å². The zero-order valence-electron chi connectivity index (χ0n) is 15.6. The second-order valence-corrected chi connectivity index (χ2v) is 9.60. The van der Waals surface area contributed by atoms with Crippen molar-refractivity contribution in [1.29, 1.82) is 0 Å². The van der Waals surface area contributed by atoms with Gasteiger partial charge in [0.15, 0.2) is 0 Å². The normalized spacial score (nSPS) is 17.4. The molecule has 3 rings (SSSR count). The van der Waals surface area contributed by atoms with E-state index in [1.807, 2.05) is 24.4 Å². The molecule has 1 aliphatic heterocycles. The second kappa shape index (κ2) is 9.13. The molecule has 1 aliphatic rings. The Kier molecular flexibility index (Phi) is 6.82. The lowest BCUT2D eigenvalue weighted by atomic mass is 10.0. The molecule has 6 nitrogen and oxygen atoms in total. The highest BCUT2D eigenvalue weighted by molar-refractivity contribution is 7.89. The molecule has 9 heteroatoms. The molecule has 0 radical (unpaired) electrons. The smallest absolute Gasteiger partial charge is 0.240 e. The van der Waals surface area contributed by atoms with Crippen LogP contribution in [0.2, 0.25) is 0 Å². The average molecular weight is 426 g/mol. The van der Waals surface area contributed by atoms with Crippen LogP contribution in [0.3, 0.4) is 0 Å². The largest absolute Gasteiger partial charge is 0.350 e. The average Bonchev–Trinajstić information content (AvgIpc) is 3.20. The first-order valence-corrected chi connectivity index (χ1v) is 11.5. The molecule has 1 aromatic carbocycles. The van der Waals surface area contributed by atoms with Crippen molar-refractivity contribution in [2.45, 2.75) is 43.3 Å². The molecule has 2 aromatic rings. The van der Waals surface area contributed by atoms with Gasteiger partial charge in [0.2, 0.25) is 15.9 Å². The summed E-state index contributed by atoms with van der Waals surface area (Å²) in [5, 5.41) is 4.92. The summed E-state index contributed by atoms with van der Waals surface area (Å²) in [4.78, 5) is 15.6. The Morgan fingerprint density at radius 3 is 2.54 bits per heavy atom. The van der Waals surface area contributed by atoms with Crippen molar-refractivity contribution in [3.8, 4) is 0 Å². The summed E-state index contributed by atoms with van der Waals surface area (Å²) in [5.41, 5.74) is 0. The van der Waals surface area contributed by atoms with Gasteiger partial charge in [-0.3, -0.25) is 9.69 Å². The number of thiophene rings is 1. The molecule has 0 aliphatic carbocycles. The van der Waals surface area contributed by atoms with E-state index < -0.39 is 15.8 Å². The van der Waals surface area contributed by atoms with Gasteiger partial charge < -0.3 is 5.32 Å². The van der Waals surface area contributed by atoms with Crippen LogP contribution in [-0.4, -0.2) is 44.4 Å². The zero-order chi connectivity index (χ0) is 20.1. The molecular weight excluding hydrogens is 401 g/mol. The fourth-order valence-corrected chi connectivity index (χ4v) is 5.16. The molecule has 28 heavy (non-hydrogen) atoms. The molecule has 1 saturated heterocycles. The predicted octanol–water partition coefficient (Wildman–Crippen LogP) is 2.33. The maximum Gasteiger partial charge on any atom is 0.240 e. The van der Waals surface area contributed by atoms with Gasteiger partial charge in [-0.05, 0) is 55.5 Å². The minimum Gasteiger partial charge on any atom is -0.350 e. The number of amides is 1. The Morgan fingerprint density at radius 1 is 1.25 bits per heavy atom. The van der Waals surface area contributed by atoms with Crippen LogP contribution in [0.1, 0.15) is 24.6 Å². The van der Waals surface area contributed by atoms with E-state index in [2.05, 4.69) is 14.9 Å². The molecule has 1 unspecified atom stereocenters. The highest BCUT2D eigenvalue weighted by atomic mass is 32.2. The minimum atomic E-state index is -3.68. The van der Waals surface area contributed by atoms with Crippen molar-refractivity contribution in [3.63, 3.8) is 0 Å². The van der Waals surface area contributed by atoms with Gasteiger partial charge in [0.1, 0.15) is 5.82 Å². The molecule has 0 bridgehead atoms. The third-order valence-electron chi connectivity index (χ3n) is 4.92. The van der Waals surface area contributed by atoms with Gasteiger partial charge in [0.25, 0.3) is 0 Å². The van der Waals surface area contributed by atoms with Crippen molar-refractivity contribution < 1.29 is 17.6 Å². The summed E-state index contributed by atoms with van der Waals surface area (Å²) in [6.07, 6.45) is 1.23. The van der Waals surface area contributed by atoms with Gasteiger partial charge >= 0.3 is 0 Å². The van der Waals surface area contributed by atoms with Crippen LogP contribution in [0, 0.1) is 5.82 Å². The number of likely N-dealkylation sites (tertiary alicyclic amines) is 1. The number of hydrogen-bond donors (Lipinski definition) is 2. The fourth-order valence-electron chi connectivity index (χ4n) is 3.21. The lowest BCUT2D eigenvalue weighted by Gasteiger charge is -2.35. The number of hydrogen-bond acceptors (Lipinski definition) is 5. The lowest BCUT2D eigenvalue weighted by Crippen LogP contribution is -2.51. The zero-order valence-corrected chi connectivity index (χ0v) is 17.2. The Balaban J connectivity index is 1.48. The van der Waals surface area contributed by atoms with E-state index in [1.54, 1.807) is 11.3 Å². The Hall–Kier alpha value is -1.81. The first-order valence-electron chi connectivity index (χ1n) is 9.17. The van der Waals surface area contributed by atoms with Crippen LogP contribution < -0.4 is 10.0 Å². The van der Waals surface area contributed by atoms with E-state index in [1.165, 1.54) is 12.1 Å². The monoisotopic (exact) mass is 425 g/mol. The molecule has 1 atom stereocenters. The number of carbonyl (C=O) groups is 1. The van der Waals surface area contributed by atoms with Gasteiger partial charge in [0, 0.05) is 24.0 Å². The summed E-state index contributed by atoms with van der Waals surface area (Å²) in [7, 11) is -3.68. The maximum atomic E-state index is 13.0. The molecule has 152 valence electrons. The van der Waals surface area contributed by atoms with Crippen LogP contribution in [0.5, 0.6) is 0 Å². The van der Waals surface area contributed by atoms with E-state index in [0.29, 0.717) is 32.5 Å². The standard InChI is InChI=1S/C19H24FN3O3S2/c1-14(19(24)21-13-17-3-2-12-27-17)23-10-8-16(9-11-23)22-28(25,26)18-6-4-15(20)5-7-18/h2-7,12,14,16,22H,8-11,13H2,1H3,(H,21,24). The molecule has 0 saturated carbocycles. The van der Waals surface area contributed by atoms with Crippen LogP contribution >= 0.6 is 11.3 Å². The van der Waals surface area contributed by atoms with Crippen molar-refractivity contribution in [1.82, 2.24) is 14.9 Å². The van der Waals surface area contributed by atoms with Gasteiger partial charge in [0.05, 0.1) is 17.5 Å². The van der Waals surface area contributed by atoms with Crippen LogP contribution in [0.15, 0.2) is 46.7 Å². The number of benzene rings is 1. The van der Waals surface area contributed by atoms with Crippen LogP contribution in [0.25, 0.3) is 0 Å². The van der Waals surface area contributed by atoms with E-state index >= 15 is 0 Å². The third-order valence-corrected chi connectivity index (χ3v) is 7.33. The highest BCUT2D eigenvalue weighted by Crippen LogP contribution is 2.17. The molecular formula is C19H24FN3O3S2.